The lowest BCUT2D eigenvalue weighted by molar-refractivity contribution is 1.27. The molecule has 0 aliphatic carbocycles. The number of benzene rings is 1. The molecule has 0 saturated heterocycles. The molecule has 2 rings (SSSR count). The van der Waals surface area contributed by atoms with Crippen molar-refractivity contribution in [3.8, 4) is 11.3 Å². The second-order valence-electron chi connectivity index (χ2n) is 3.42. The van der Waals surface area contributed by atoms with Crippen LogP contribution < -0.4 is 0 Å². The van der Waals surface area contributed by atoms with E-state index < -0.39 is 0 Å². The zero-order chi connectivity index (χ0) is 11.7. The molecule has 1 aromatic heterocycles. The molecular formula is C12H8Cl3N. The Labute approximate surface area is 109 Å². The molecule has 1 nitrogen and oxygen atoms in total. The van der Waals surface area contributed by atoms with Crippen molar-refractivity contribution in [2.75, 3.05) is 0 Å². The Bertz CT molecular complexity index is 538. The quantitative estimate of drug-likeness (QED) is 0.710. The summed E-state index contributed by atoms with van der Waals surface area (Å²) in [5, 5.41) is 1.68. The highest BCUT2D eigenvalue weighted by Gasteiger charge is 2.08. The molecule has 0 unspecified atom stereocenters. The van der Waals surface area contributed by atoms with Crippen LogP contribution in [-0.4, -0.2) is 4.98 Å². The van der Waals surface area contributed by atoms with Gasteiger partial charge in [0.2, 0.25) is 0 Å². The Kier molecular flexibility index (Phi) is 3.38. The summed E-state index contributed by atoms with van der Waals surface area (Å²) in [6, 6.07) is 7.22. The van der Waals surface area contributed by atoms with Crippen molar-refractivity contribution in [1.82, 2.24) is 4.98 Å². The normalized spacial score (nSPS) is 10.5. The summed E-state index contributed by atoms with van der Waals surface area (Å²) < 4.78 is 0. The van der Waals surface area contributed by atoms with Gasteiger partial charge in [0.25, 0.3) is 0 Å². The van der Waals surface area contributed by atoms with Crippen LogP contribution in [0, 0.1) is 6.92 Å². The van der Waals surface area contributed by atoms with E-state index in [0.29, 0.717) is 15.1 Å². The molecule has 0 fully saturated rings. The van der Waals surface area contributed by atoms with Gasteiger partial charge < -0.3 is 0 Å². The third-order valence-corrected chi connectivity index (χ3v) is 3.49. The van der Waals surface area contributed by atoms with E-state index >= 15 is 0 Å². The van der Waals surface area contributed by atoms with Crippen LogP contribution in [0.1, 0.15) is 5.56 Å². The number of halogens is 3. The monoisotopic (exact) mass is 271 g/mol. The Hall–Kier alpha value is -0.760. The summed E-state index contributed by atoms with van der Waals surface area (Å²) in [5.74, 6) is 0. The number of aryl methyl sites for hydroxylation is 1. The maximum atomic E-state index is 6.10. The first-order valence-electron chi connectivity index (χ1n) is 4.66. The van der Waals surface area contributed by atoms with E-state index in [1.54, 1.807) is 18.3 Å². The van der Waals surface area contributed by atoms with Crippen LogP contribution >= 0.6 is 34.8 Å². The molecule has 0 spiro atoms. The van der Waals surface area contributed by atoms with E-state index in [-0.39, 0.29) is 0 Å². The molecule has 4 heteroatoms. The Balaban J connectivity index is 2.59. The summed E-state index contributed by atoms with van der Waals surface area (Å²) >= 11 is 18.1. The Morgan fingerprint density at radius 1 is 1.06 bits per heavy atom. The van der Waals surface area contributed by atoms with Gasteiger partial charge in [-0.2, -0.15) is 0 Å². The fourth-order valence-electron chi connectivity index (χ4n) is 1.35. The molecule has 0 amide bonds. The summed E-state index contributed by atoms with van der Waals surface area (Å²) in [6.45, 7) is 1.90. The maximum absolute atomic E-state index is 6.10. The largest absolute Gasteiger partial charge is 0.256 e. The van der Waals surface area contributed by atoms with Crippen molar-refractivity contribution in [3.05, 3.63) is 51.1 Å². The van der Waals surface area contributed by atoms with E-state index in [1.165, 1.54) is 0 Å². The Morgan fingerprint density at radius 3 is 2.50 bits per heavy atom. The molecule has 0 saturated carbocycles. The van der Waals surface area contributed by atoms with Gasteiger partial charge in [-0.15, -0.1) is 0 Å². The molecule has 2 aromatic rings. The molecule has 1 aromatic carbocycles. The average Bonchev–Trinajstić information content (AvgIpc) is 2.26. The highest BCUT2D eigenvalue weighted by molar-refractivity contribution is 6.43. The van der Waals surface area contributed by atoms with E-state index in [2.05, 4.69) is 4.98 Å². The predicted molar refractivity (Wildman–Crippen MR) is 69.4 cm³/mol. The van der Waals surface area contributed by atoms with Crippen LogP contribution in [0.4, 0.5) is 0 Å². The summed E-state index contributed by atoms with van der Waals surface area (Å²) in [5.41, 5.74) is 2.45. The van der Waals surface area contributed by atoms with Gasteiger partial charge in [-0.05, 0) is 24.6 Å². The molecule has 0 aliphatic heterocycles. The number of nitrogens with zero attached hydrogens (tertiary/aromatic N) is 1. The molecule has 0 N–H and O–H groups in total. The number of aromatic nitrogens is 1. The van der Waals surface area contributed by atoms with Crippen molar-refractivity contribution < 1.29 is 0 Å². The molecule has 0 atom stereocenters. The number of pyridine rings is 1. The summed E-state index contributed by atoms with van der Waals surface area (Å²) in [6.07, 6.45) is 1.72. The van der Waals surface area contributed by atoms with Crippen LogP contribution in [-0.2, 0) is 0 Å². The van der Waals surface area contributed by atoms with Crippen LogP contribution in [0.25, 0.3) is 11.3 Å². The predicted octanol–water partition coefficient (Wildman–Crippen LogP) is 5.02. The van der Waals surface area contributed by atoms with Crippen molar-refractivity contribution in [2.24, 2.45) is 0 Å². The van der Waals surface area contributed by atoms with Crippen molar-refractivity contribution in [3.63, 3.8) is 0 Å². The van der Waals surface area contributed by atoms with Crippen LogP contribution in [0.5, 0.6) is 0 Å². The smallest absolute Gasteiger partial charge is 0.0732 e. The van der Waals surface area contributed by atoms with Crippen LogP contribution in [0.15, 0.2) is 30.5 Å². The molecule has 16 heavy (non-hydrogen) atoms. The highest BCUT2D eigenvalue weighted by Crippen LogP contribution is 2.33. The minimum atomic E-state index is 0.497. The van der Waals surface area contributed by atoms with E-state index in [1.807, 2.05) is 19.1 Å². The lowest BCUT2D eigenvalue weighted by atomic mass is 10.1. The third kappa shape index (κ3) is 2.17. The van der Waals surface area contributed by atoms with Crippen molar-refractivity contribution in [2.45, 2.75) is 6.92 Å². The topological polar surface area (TPSA) is 12.9 Å². The second kappa shape index (κ2) is 4.62. The molecule has 0 bridgehead atoms. The van der Waals surface area contributed by atoms with Gasteiger partial charge in [0.15, 0.2) is 0 Å². The fourth-order valence-corrected chi connectivity index (χ4v) is 1.90. The van der Waals surface area contributed by atoms with Gasteiger partial charge in [-0.1, -0.05) is 46.9 Å². The molecule has 82 valence electrons. The first-order valence-corrected chi connectivity index (χ1v) is 5.79. The van der Waals surface area contributed by atoms with E-state index in [0.717, 1.165) is 16.8 Å². The van der Waals surface area contributed by atoms with Gasteiger partial charge in [0.1, 0.15) is 0 Å². The first kappa shape index (κ1) is 11.7. The molecule has 0 radical (unpaired) electrons. The van der Waals surface area contributed by atoms with Crippen LogP contribution in [0.2, 0.25) is 15.1 Å². The van der Waals surface area contributed by atoms with Gasteiger partial charge >= 0.3 is 0 Å². The standard InChI is InChI=1S/C12H8Cl3N/c1-7-6-16-11(5-10(7)14)8-3-2-4-9(13)12(8)15/h2-6H,1H3. The highest BCUT2D eigenvalue weighted by atomic mass is 35.5. The zero-order valence-corrected chi connectivity index (χ0v) is 10.7. The number of hydrogen-bond donors (Lipinski definition) is 0. The summed E-state index contributed by atoms with van der Waals surface area (Å²) in [7, 11) is 0. The van der Waals surface area contributed by atoms with Gasteiger partial charge in [-0.25, -0.2) is 0 Å². The molecular weight excluding hydrogens is 264 g/mol. The second-order valence-corrected chi connectivity index (χ2v) is 4.61. The lowest BCUT2D eigenvalue weighted by Crippen LogP contribution is -1.87. The number of rotatable bonds is 1. The van der Waals surface area contributed by atoms with Gasteiger partial charge in [-0.3, -0.25) is 4.98 Å². The van der Waals surface area contributed by atoms with Gasteiger partial charge in [0.05, 0.1) is 15.7 Å². The minimum Gasteiger partial charge on any atom is -0.256 e. The van der Waals surface area contributed by atoms with Crippen LogP contribution in [0.3, 0.4) is 0 Å². The average molecular weight is 273 g/mol. The van der Waals surface area contributed by atoms with E-state index in [9.17, 15) is 0 Å². The Morgan fingerprint density at radius 2 is 1.81 bits per heavy atom. The molecule has 1 heterocycles. The summed E-state index contributed by atoms with van der Waals surface area (Å²) in [4.78, 5) is 4.28. The van der Waals surface area contributed by atoms with Crippen molar-refractivity contribution >= 4 is 34.8 Å². The zero-order valence-electron chi connectivity index (χ0n) is 8.47. The molecule has 0 aliphatic rings. The SMILES string of the molecule is Cc1cnc(-c2cccc(Cl)c2Cl)cc1Cl. The van der Waals surface area contributed by atoms with Crippen molar-refractivity contribution in [1.29, 1.82) is 0 Å². The minimum absolute atomic E-state index is 0.497. The third-order valence-electron chi connectivity index (χ3n) is 2.26. The maximum Gasteiger partial charge on any atom is 0.0732 e. The lowest BCUT2D eigenvalue weighted by Gasteiger charge is -2.06. The number of hydrogen-bond acceptors (Lipinski definition) is 1. The fraction of sp³-hybridized carbons (Fsp3) is 0.0833. The first-order chi connectivity index (χ1) is 7.59. The van der Waals surface area contributed by atoms with Gasteiger partial charge in [0, 0.05) is 16.8 Å². The van der Waals surface area contributed by atoms with E-state index in [4.69, 9.17) is 34.8 Å².